The van der Waals surface area contributed by atoms with Gasteiger partial charge in [-0.3, -0.25) is 4.79 Å². The van der Waals surface area contributed by atoms with E-state index in [2.05, 4.69) is 13.8 Å². The van der Waals surface area contributed by atoms with Gasteiger partial charge in [-0.15, -0.1) is 0 Å². The Bertz CT molecular complexity index is 558. The van der Waals surface area contributed by atoms with Crippen molar-refractivity contribution in [3.8, 4) is 11.5 Å². The molecule has 134 valence electrons. The first-order chi connectivity index (χ1) is 11.5. The average Bonchev–Trinajstić information content (AvgIpc) is 2.61. The van der Waals surface area contributed by atoms with Gasteiger partial charge in [-0.2, -0.15) is 0 Å². The summed E-state index contributed by atoms with van der Waals surface area (Å²) in [5.74, 6) is 1.58. The number of carbonyl (C=O) groups is 1. The second-order valence-corrected chi connectivity index (χ2v) is 6.81. The highest BCUT2D eigenvalue weighted by Gasteiger charge is 2.32. The molecule has 5 nitrogen and oxygen atoms in total. The first kappa shape index (κ1) is 18.6. The molecule has 0 aliphatic carbocycles. The molecule has 1 fully saturated rings. The molecule has 0 saturated carbocycles. The lowest BCUT2D eigenvalue weighted by molar-refractivity contribution is -0.136. The van der Waals surface area contributed by atoms with Gasteiger partial charge in [-0.25, -0.2) is 0 Å². The van der Waals surface area contributed by atoms with Crippen molar-refractivity contribution in [3.63, 3.8) is 0 Å². The maximum Gasteiger partial charge on any atom is 0.230 e. The summed E-state index contributed by atoms with van der Waals surface area (Å²) in [6.45, 7) is 5.68. The van der Waals surface area contributed by atoms with Crippen molar-refractivity contribution >= 4 is 5.91 Å². The third-order valence-corrected chi connectivity index (χ3v) is 4.79. The maximum atomic E-state index is 13.1. The topological polar surface area (TPSA) is 59.0 Å². The number of hydrogen-bond acceptors (Lipinski definition) is 4. The highest BCUT2D eigenvalue weighted by molar-refractivity contribution is 5.84. The van der Waals surface area contributed by atoms with Gasteiger partial charge in [0, 0.05) is 19.7 Å². The van der Waals surface area contributed by atoms with Gasteiger partial charge in [0.1, 0.15) is 0 Å². The Hall–Kier alpha value is -1.75. The van der Waals surface area contributed by atoms with Gasteiger partial charge < -0.3 is 19.5 Å². The number of likely N-dealkylation sites (tertiary alicyclic amines) is 1. The minimum atomic E-state index is -0.220. The van der Waals surface area contributed by atoms with Crippen LogP contribution in [-0.4, -0.2) is 49.8 Å². The minimum absolute atomic E-state index is 0.135. The molecule has 2 rings (SSSR count). The number of nitrogens with zero attached hydrogens (tertiary/aromatic N) is 1. The number of rotatable bonds is 6. The van der Waals surface area contributed by atoms with Crippen LogP contribution < -0.4 is 9.47 Å². The smallest absolute Gasteiger partial charge is 0.230 e. The number of aliphatic hydroxyl groups excluding tert-OH is 1. The normalized spacial score (nSPS) is 19.2. The molecule has 2 atom stereocenters. The van der Waals surface area contributed by atoms with Crippen molar-refractivity contribution in [1.82, 2.24) is 4.90 Å². The van der Waals surface area contributed by atoms with E-state index in [1.54, 1.807) is 14.2 Å². The average molecular weight is 335 g/mol. The molecule has 1 saturated heterocycles. The highest BCUT2D eigenvalue weighted by atomic mass is 16.5. The van der Waals surface area contributed by atoms with Gasteiger partial charge in [-0.1, -0.05) is 19.9 Å². The summed E-state index contributed by atoms with van der Waals surface area (Å²) in [5.41, 5.74) is 0.943. The van der Waals surface area contributed by atoms with Gasteiger partial charge in [0.25, 0.3) is 0 Å². The first-order valence-corrected chi connectivity index (χ1v) is 8.63. The molecule has 1 aliphatic rings. The number of benzene rings is 1. The number of hydrogen-bond donors (Lipinski definition) is 1. The van der Waals surface area contributed by atoms with Crippen LogP contribution in [0, 0.1) is 11.8 Å². The molecule has 1 aromatic rings. The van der Waals surface area contributed by atoms with Crippen LogP contribution in [0.1, 0.15) is 38.2 Å². The second-order valence-electron chi connectivity index (χ2n) is 6.81. The summed E-state index contributed by atoms with van der Waals surface area (Å²) in [4.78, 5) is 15.0. The van der Waals surface area contributed by atoms with Crippen LogP contribution in [0.25, 0.3) is 0 Å². The molecular weight excluding hydrogens is 306 g/mol. The monoisotopic (exact) mass is 335 g/mol. The van der Waals surface area contributed by atoms with Crippen molar-refractivity contribution in [3.05, 3.63) is 23.8 Å². The number of carbonyl (C=O) groups excluding carboxylic acids is 1. The standard InChI is InChI=1S/C19H29NO4/c1-13(2)18(15-7-8-16(23-3)17(10-15)24-4)19(22)20-9-5-6-14(11-20)12-21/h7-8,10,13-14,18,21H,5-6,9,11-12H2,1-4H3. The van der Waals surface area contributed by atoms with E-state index in [0.29, 0.717) is 18.0 Å². The predicted molar refractivity (Wildman–Crippen MR) is 93.5 cm³/mol. The van der Waals surface area contributed by atoms with Crippen LogP contribution in [0.2, 0.25) is 0 Å². The highest BCUT2D eigenvalue weighted by Crippen LogP contribution is 2.35. The lowest BCUT2D eigenvalue weighted by Gasteiger charge is -2.35. The fraction of sp³-hybridized carbons (Fsp3) is 0.632. The van der Waals surface area contributed by atoms with Gasteiger partial charge in [0.05, 0.1) is 20.1 Å². The van der Waals surface area contributed by atoms with E-state index in [1.807, 2.05) is 23.1 Å². The van der Waals surface area contributed by atoms with Crippen molar-refractivity contribution in [1.29, 1.82) is 0 Å². The quantitative estimate of drug-likeness (QED) is 0.868. The number of methoxy groups -OCH3 is 2. The van der Waals surface area contributed by atoms with Crippen LogP contribution in [-0.2, 0) is 4.79 Å². The molecule has 1 N–H and O–H groups in total. The Morgan fingerprint density at radius 3 is 2.58 bits per heavy atom. The maximum absolute atomic E-state index is 13.1. The van der Waals surface area contributed by atoms with Gasteiger partial charge >= 0.3 is 0 Å². The van der Waals surface area contributed by atoms with Gasteiger partial charge in [0.15, 0.2) is 11.5 Å². The predicted octanol–water partition coefficient (Wildman–Crippen LogP) is 2.67. The van der Waals surface area contributed by atoms with Crippen molar-refractivity contribution < 1.29 is 19.4 Å². The fourth-order valence-electron chi connectivity index (χ4n) is 3.47. The summed E-state index contributed by atoms with van der Waals surface area (Å²) < 4.78 is 10.7. The van der Waals surface area contributed by atoms with Crippen molar-refractivity contribution in [2.45, 2.75) is 32.6 Å². The number of piperidine rings is 1. The van der Waals surface area contributed by atoms with Crippen LogP contribution >= 0.6 is 0 Å². The summed E-state index contributed by atoms with van der Waals surface area (Å²) >= 11 is 0. The molecule has 1 aliphatic heterocycles. The van der Waals surface area contributed by atoms with E-state index in [1.165, 1.54) is 0 Å². The van der Waals surface area contributed by atoms with Crippen LogP contribution in [0.5, 0.6) is 11.5 Å². The molecule has 0 bridgehead atoms. The Balaban J connectivity index is 2.27. The molecule has 0 spiro atoms. The molecule has 5 heteroatoms. The van der Waals surface area contributed by atoms with E-state index in [4.69, 9.17) is 9.47 Å². The molecule has 1 amide bonds. The zero-order valence-electron chi connectivity index (χ0n) is 15.1. The zero-order valence-corrected chi connectivity index (χ0v) is 15.1. The second kappa shape index (κ2) is 8.38. The van der Waals surface area contributed by atoms with Crippen molar-refractivity contribution in [2.24, 2.45) is 11.8 Å². The molecule has 24 heavy (non-hydrogen) atoms. The molecule has 0 radical (unpaired) electrons. The fourth-order valence-corrected chi connectivity index (χ4v) is 3.47. The molecule has 0 aromatic heterocycles. The third kappa shape index (κ3) is 4.01. The molecule has 2 unspecified atom stereocenters. The van der Waals surface area contributed by atoms with E-state index < -0.39 is 0 Å². The Morgan fingerprint density at radius 1 is 1.29 bits per heavy atom. The molecular formula is C19H29NO4. The summed E-state index contributed by atoms with van der Waals surface area (Å²) in [6.07, 6.45) is 1.94. The molecule has 1 aromatic carbocycles. The Morgan fingerprint density at radius 2 is 2.00 bits per heavy atom. The molecule has 1 heterocycles. The van der Waals surface area contributed by atoms with Crippen molar-refractivity contribution in [2.75, 3.05) is 33.9 Å². The summed E-state index contributed by atoms with van der Waals surface area (Å²) in [6, 6.07) is 5.69. The number of amides is 1. The minimum Gasteiger partial charge on any atom is -0.493 e. The first-order valence-electron chi connectivity index (χ1n) is 8.63. The summed E-state index contributed by atoms with van der Waals surface area (Å²) in [5, 5.41) is 9.41. The van der Waals surface area contributed by atoms with Crippen LogP contribution in [0.15, 0.2) is 18.2 Å². The zero-order chi connectivity index (χ0) is 17.7. The summed E-state index contributed by atoms with van der Waals surface area (Å²) in [7, 11) is 3.20. The van der Waals surface area contributed by atoms with Crippen LogP contribution in [0.3, 0.4) is 0 Å². The lowest BCUT2D eigenvalue weighted by atomic mass is 9.86. The largest absolute Gasteiger partial charge is 0.493 e. The van der Waals surface area contributed by atoms with Crippen LogP contribution in [0.4, 0.5) is 0 Å². The van der Waals surface area contributed by atoms with Gasteiger partial charge in [-0.05, 0) is 42.4 Å². The van der Waals surface area contributed by atoms with Gasteiger partial charge in [0.2, 0.25) is 5.91 Å². The SMILES string of the molecule is COc1ccc(C(C(=O)N2CCCC(CO)C2)C(C)C)cc1OC. The Labute approximate surface area is 144 Å². The number of ether oxygens (including phenoxy) is 2. The third-order valence-electron chi connectivity index (χ3n) is 4.79. The van der Waals surface area contributed by atoms with E-state index in [0.717, 1.165) is 24.9 Å². The Kier molecular flexibility index (Phi) is 6.49. The number of aliphatic hydroxyl groups is 1. The van der Waals surface area contributed by atoms with E-state index >= 15 is 0 Å². The van der Waals surface area contributed by atoms with E-state index in [-0.39, 0.29) is 30.3 Å². The van der Waals surface area contributed by atoms with E-state index in [9.17, 15) is 9.90 Å². The lowest BCUT2D eigenvalue weighted by Crippen LogP contribution is -2.44.